The Kier molecular flexibility index (Phi) is 5.05. The highest BCUT2D eigenvalue weighted by atomic mass is 79.9. The van der Waals surface area contributed by atoms with Gasteiger partial charge in [0.15, 0.2) is 0 Å². The van der Waals surface area contributed by atoms with Crippen molar-refractivity contribution in [2.24, 2.45) is 5.92 Å². The summed E-state index contributed by atoms with van der Waals surface area (Å²) in [5, 5.41) is 1.02. The highest BCUT2D eigenvalue weighted by molar-refractivity contribution is 9.09. The molecule has 0 heterocycles. The minimum absolute atomic E-state index is 0.804. The van der Waals surface area contributed by atoms with Gasteiger partial charge in [-0.05, 0) is 43.7 Å². The van der Waals surface area contributed by atoms with Crippen molar-refractivity contribution >= 4 is 22.0 Å². The smallest absolute Gasteiger partial charge is 0.0247 e. The average molecular weight is 307 g/mol. The van der Waals surface area contributed by atoms with Crippen LogP contribution >= 0.6 is 15.9 Å². The van der Waals surface area contributed by atoms with Crippen molar-refractivity contribution in [2.45, 2.75) is 46.0 Å². The Hall–Kier alpha value is -0.560. The van der Waals surface area contributed by atoms with E-state index in [1.165, 1.54) is 48.8 Å². The van der Waals surface area contributed by atoms with Crippen LogP contribution in [0, 0.1) is 19.8 Å². The zero-order valence-corrected chi connectivity index (χ0v) is 13.1. The van der Waals surface area contributed by atoms with E-state index in [-0.39, 0.29) is 0 Å². The van der Waals surface area contributed by atoms with Gasteiger partial charge in [0.05, 0.1) is 0 Å². The summed E-state index contributed by atoms with van der Waals surface area (Å²) in [6, 6.07) is 6.73. The van der Waals surface area contributed by atoms with Gasteiger partial charge in [-0.3, -0.25) is 0 Å². The SMILES string of the molecule is Cc1ccc(C)c(C=C(CBr)C2CCCCC2)c1. The number of benzene rings is 1. The molecule has 0 saturated heterocycles. The molecule has 0 nitrogen and oxygen atoms in total. The van der Waals surface area contributed by atoms with Crippen molar-refractivity contribution in [1.29, 1.82) is 0 Å². The molecule has 1 aromatic rings. The van der Waals surface area contributed by atoms with Crippen molar-refractivity contribution in [3.05, 3.63) is 40.5 Å². The lowest BCUT2D eigenvalue weighted by atomic mass is 9.83. The lowest BCUT2D eigenvalue weighted by Gasteiger charge is -2.23. The van der Waals surface area contributed by atoms with Crippen LogP contribution in [-0.4, -0.2) is 5.33 Å². The van der Waals surface area contributed by atoms with E-state index in [1.54, 1.807) is 5.57 Å². The molecule has 1 saturated carbocycles. The molecule has 0 radical (unpaired) electrons. The van der Waals surface area contributed by atoms with Gasteiger partial charge in [-0.1, -0.05) is 70.6 Å². The maximum atomic E-state index is 3.68. The molecule has 0 unspecified atom stereocenters. The quantitative estimate of drug-likeness (QED) is 0.632. The van der Waals surface area contributed by atoms with E-state index in [2.05, 4.69) is 54.1 Å². The lowest BCUT2D eigenvalue weighted by Crippen LogP contribution is -2.10. The molecular weight excluding hydrogens is 284 g/mol. The number of hydrogen-bond acceptors (Lipinski definition) is 0. The van der Waals surface area contributed by atoms with Gasteiger partial charge in [-0.2, -0.15) is 0 Å². The van der Waals surface area contributed by atoms with Gasteiger partial charge in [0.25, 0.3) is 0 Å². The summed E-state index contributed by atoms with van der Waals surface area (Å²) in [7, 11) is 0. The second-order valence-corrected chi connectivity index (χ2v) is 6.11. The van der Waals surface area contributed by atoms with Crippen LogP contribution in [0.15, 0.2) is 23.8 Å². The molecule has 1 aliphatic carbocycles. The first kappa shape index (κ1) is 13.9. The fraction of sp³-hybridized carbons (Fsp3) is 0.529. The van der Waals surface area contributed by atoms with Crippen molar-refractivity contribution < 1.29 is 0 Å². The molecule has 0 aliphatic heterocycles. The average Bonchev–Trinajstić information content (AvgIpc) is 2.41. The Morgan fingerprint density at radius 3 is 2.61 bits per heavy atom. The van der Waals surface area contributed by atoms with Gasteiger partial charge in [-0.25, -0.2) is 0 Å². The largest absolute Gasteiger partial charge is 0.0880 e. The Bertz CT molecular complexity index is 425. The van der Waals surface area contributed by atoms with Crippen LogP contribution in [0.3, 0.4) is 0 Å². The Morgan fingerprint density at radius 2 is 1.94 bits per heavy atom. The number of alkyl halides is 1. The van der Waals surface area contributed by atoms with Gasteiger partial charge < -0.3 is 0 Å². The summed E-state index contributed by atoms with van der Waals surface area (Å²) in [4.78, 5) is 0. The minimum atomic E-state index is 0.804. The summed E-state index contributed by atoms with van der Waals surface area (Å²) in [6.07, 6.45) is 9.41. The highest BCUT2D eigenvalue weighted by Crippen LogP contribution is 2.32. The molecule has 0 bridgehead atoms. The maximum absolute atomic E-state index is 3.68. The van der Waals surface area contributed by atoms with E-state index in [1.807, 2.05) is 0 Å². The Morgan fingerprint density at radius 1 is 1.22 bits per heavy atom. The van der Waals surface area contributed by atoms with Crippen LogP contribution in [0.1, 0.15) is 48.8 Å². The third-order valence-corrected chi connectivity index (χ3v) is 4.71. The molecule has 98 valence electrons. The third-order valence-electron chi connectivity index (χ3n) is 4.06. The first-order valence-electron chi connectivity index (χ1n) is 7.04. The maximum Gasteiger partial charge on any atom is 0.0247 e. The van der Waals surface area contributed by atoms with Gasteiger partial charge in [0.2, 0.25) is 0 Å². The molecule has 1 aromatic carbocycles. The van der Waals surface area contributed by atoms with Crippen molar-refractivity contribution in [3.8, 4) is 0 Å². The summed E-state index contributed by atoms with van der Waals surface area (Å²) >= 11 is 3.68. The fourth-order valence-corrected chi connectivity index (χ4v) is 3.47. The number of rotatable bonds is 3. The van der Waals surface area contributed by atoms with Crippen molar-refractivity contribution in [1.82, 2.24) is 0 Å². The molecular formula is C17H23Br. The lowest BCUT2D eigenvalue weighted by molar-refractivity contribution is 0.405. The Balaban J connectivity index is 2.24. The summed E-state index contributed by atoms with van der Waals surface area (Å²) in [5.74, 6) is 0.804. The number of allylic oxidation sites excluding steroid dienone is 1. The molecule has 0 amide bonds. The van der Waals surface area contributed by atoms with Crippen molar-refractivity contribution in [2.75, 3.05) is 5.33 Å². The molecule has 0 spiro atoms. The summed E-state index contributed by atoms with van der Waals surface area (Å²) < 4.78 is 0. The molecule has 1 heteroatoms. The second-order valence-electron chi connectivity index (χ2n) is 5.55. The molecule has 1 aliphatic rings. The molecule has 0 aromatic heterocycles. The van der Waals surface area contributed by atoms with E-state index in [0.717, 1.165) is 11.2 Å². The van der Waals surface area contributed by atoms with E-state index >= 15 is 0 Å². The standard InChI is InChI=1S/C17H23Br/c1-13-8-9-14(2)16(10-13)11-17(12-18)15-6-4-3-5-7-15/h8-11,15H,3-7,12H2,1-2H3. The second kappa shape index (κ2) is 6.56. The number of aryl methyl sites for hydroxylation is 2. The van der Waals surface area contributed by atoms with Gasteiger partial charge in [0.1, 0.15) is 0 Å². The zero-order valence-electron chi connectivity index (χ0n) is 11.5. The molecule has 2 rings (SSSR count). The van der Waals surface area contributed by atoms with Crippen LogP contribution in [0.2, 0.25) is 0 Å². The van der Waals surface area contributed by atoms with E-state index in [4.69, 9.17) is 0 Å². The predicted molar refractivity (Wildman–Crippen MR) is 84.3 cm³/mol. The predicted octanol–water partition coefficient (Wildman–Crippen LogP) is 5.66. The zero-order chi connectivity index (χ0) is 13.0. The van der Waals surface area contributed by atoms with Crippen LogP contribution < -0.4 is 0 Å². The van der Waals surface area contributed by atoms with Crippen LogP contribution in [0.4, 0.5) is 0 Å². The molecule has 18 heavy (non-hydrogen) atoms. The van der Waals surface area contributed by atoms with Gasteiger partial charge >= 0.3 is 0 Å². The van der Waals surface area contributed by atoms with E-state index < -0.39 is 0 Å². The first-order chi connectivity index (χ1) is 8.70. The minimum Gasteiger partial charge on any atom is -0.0880 e. The van der Waals surface area contributed by atoms with Crippen molar-refractivity contribution in [3.63, 3.8) is 0 Å². The third kappa shape index (κ3) is 3.47. The van der Waals surface area contributed by atoms with Crippen LogP contribution in [-0.2, 0) is 0 Å². The number of hydrogen-bond donors (Lipinski definition) is 0. The topological polar surface area (TPSA) is 0 Å². The summed E-state index contributed by atoms with van der Waals surface area (Å²) in [6.45, 7) is 4.38. The van der Waals surface area contributed by atoms with Crippen LogP contribution in [0.5, 0.6) is 0 Å². The summed E-state index contributed by atoms with van der Waals surface area (Å²) in [5.41, 5.74) is 5.72. The van der Waals surface area contributed by atoms with E-state index in [0.29, 0.717) is 0 Å². The number of halogens is 1. The molecule has 0 atom stereocenters. The molecule has 1 fully saturated rings. The van der Waals surface area contributed by atoms with E-state index in [9.17, 15) is 0 Å². The molecule has 0 N–H and O–H groups in total. The van der Waals surface area contributed by atoms with Gasteiger partial charge in [0, 0.05) is 5.33 Å². The van der Waals surface area contributed by atoms with Gasteiger partial charge in [-0.15, -0.1) is 0 Å². The first-order valence-corrected chi connectivity index (χ1v) is 8.16. The normalized spacial score (nSPS) is 18.1. The Labute approximate surface area is 120 Å². The monoisotopic (exact) mass is 306 g/mol. The van der Waals surface area contributed by atoms with Crippen LogP contribution in [0.25, 0.3) is 6.08 Å². The fourth-order valence-electron chi connectivity index (χ4n) is 2.85. The highest BCUT2D eigenvalue weighted by Gasteiger charge is 2.17.